The van der Waals surface area contributed by atoms with E-state index in [1.54, 1.807) is 34.6 Å². The molecular formula is C120H229N17O5. The maximum Gasteiger partial charge on any atom is 0.217 e. The molecule has 4 spiro atoms. The molecule has 824 valence electrons. The van der Waals surface area contributed by atoms with Gasteiger partial charge in [-0.3, -0.25) is 43.9 Å². The Bertz CT molecular complexity index is 3900. The molecule has 3 unspecified atom stereocenters. The monoisotopic (exact) mass is 1990 g/mol. The fraction of sp³-hybridized carbons (Fsp3) is 0.875. The van der Waals surface area contributed by atoms with Crippen LogP contribution in [0.5, 0.6) is 0 Å². The van der Waals surface area contributed by atoms with Gasteiger partial charge in [-0.25, -0.2) is 0 Å². The molecule has 16 aliphatic rings. The van der Waals surface area contributed by atoms with E-state index in [4.69, 9.17) is 0 Å². The van der Waals surface area contributed by atoms with E-state index in [2.05, 4.69) is 334 Å². The second-order valence-corrected chi connectivity index (χ2v) is 56.9. The summed E-state index contributed by atoms with van der Waals surface area (Å²) >= 11 is 0. The molecule has 7 N–H and O–H groups in total. The number of carbonyl (C=O) groups excluding carboxylic acids is 5. The summed E-state index contributed by atoms with van der Waals surface area (Å²) in [5.74, 6) is 4.36. The summed E-state index contributed by atoms with van der Waals surface area (Å²) < 4.78 is 0. The summed E-state index contributed by atoms with van der Waals surface area (Å²) in [7, 11) is 0. The molecule has 11 aliphatic heterocycles. The number of Topliss-reactive ketones (excluding diaryl/α,β-unsaturated/α-hetero) is 3. The van der Waals surface area contributed by atoms with Crippen LogP contribution in [0.4, 0.5) is 0 Å². The van der Waals surface area contributed by atoms with E-state index < -0.39 is 0 Å². The number of rotatable bonds is 23. The van der Waals surface area contributed by atoms with E-state index in [1.807, 2.05) is 6.92 Å². The average molecular weight is 1990 g/mol. The molecule has 22 heteroatoms. The lowest BCUT2D eigenvalue weighted by Gasteiger charge is -2.71. The Morgan fingerprint density at radius 3 is 1.20 bits per heavy atom. The normalized spacial score (nSPS) is 25.7. The van der Waals surface area contributed by atoms with Crippen LogP contribution in [0.1, 0.15) is 398 Å². The van der Waals surface area contributed by atoms with Crippen LogP contribution < -0.4 is 37.2 Å². The third-order valence-electron chi connectivity index (χ3n) is 32.8. The zero-order valence-corrected chi connectivity index (χ0v) is 98.9. The van der Waals surface area contributed by atoms with E-state index in [0.717, 1.165) is 107 Å². The van der Waals surface area contributed by atoms with Crippen molar-refractivity contribution >= 4 is 29.2 Å². The highest BCUT2D eigenvalue weighted by molar-refractivity contribution is 5.77. The van der Waals surface area contributed by atoms with Gasteiger partial charge in [0.05, 0.1) is 0 Å². The summed E-state index contributed by atoms with van der Waals surface area (Å²) in [4.78, 5) is 79.4. The molecular weight excluding hydrogens is 1760 g/mol. The van der Waals surface area contributed by atoms with E-state index in [9.17, 15) is 24.0 Å². The topological polar surface area (TPSA) is 202 Å². The second-order valence-electron chi connectivity index (χ2n) is 56.9. The Morgan fingerprint density at radius 2 is 0.817 bits per heavy atom. The number of likely N-dealkylation sites (tertiary alicyclic amines) is 10. The van der Waals surface area contributed by atoms with Crippen LogP contribution in [0.15, 0.2) is 61.4 Å². The number of amides is 2. The lowest BCUT2D eigenvalue weighted by molar-refractivity contribution is -0.204. The summed E-state index contributed by atoms with van der Waals surface area (Å²) in [5.41, 5.74) is 11.6. The SMILES string of the molecule is C.C=C(C)N1CC(CNC(C)(C)C)C1.C=C(C)N1CC2(C1)CN(C(C)(C)C)C2.C=C(C)N1CC2(CC(NC(C)(C)C)C2)C1.C=C(C)NCC1CN(C(C)(C)C)C1.C=C1CCC2(CCN(C(C)(C)C)CC2)N1.CC(=O)CC12CC(CNC(C)C)(C1)C2.CC(=O)CCC1CCCN(C(C)(C)C)C1.CC(=O)CCC1CCN(C(C)(C)C)C1.CC(=O)NC1CC2(C1)CN(C(C)C)C2.CC(=O)NC1CCCN(C(C)(C)C)C1. The van der Waals surface area contributed by atoms with E-state index in [-0.39, 0.29) is 41.4 Å². The summed E-state index contributed by atoms with van der Waals surface area (Å²) in [6.45, 7) is 127. The minimum atomic E-state index is 0. The van der Waals surface area contributed by atoms with Crippen LogP contribution in [-0.2, 0) is 24.0 Å². The minimum absolute atomic E-state index is 0. The molecule has 11 saturated heterocycles. The standard InChI is InChI=1S/2C13H24N2.C13H25NO.C12H22N2.C12H21NO.C12H23NO.C11H20N2O.C11H22N2O.2C11H22N2.CH4/c1-10(2)15-8-13(9-15)6-11(7-13)14-12(3,4)5;1-11-5-6-13(14-11)7-9-15(10-8-13)12(2,3)4;1-11(15)7-8-12-6-5-9-14(10-12)13(2,3)4;1-10(2)13-6-12(7-13)8-14(9-12)11(3,4)5;1-9(2)13-8-12-5-11(6-12,7-12)4-10(3)14;1-10(14)5-6-11-7-8-13(9-11)12(2,3)4;1-8(2)13-6-11(7-13)4-10(5-11)12-9(3)14;1-9(14)12-10-6-5-7-13(8-10)11(2,3)4;1-9(2)13-7-10(8-13)6-12-11(3,4)5;1-9(2)12-6-10-7-13(8-10)11(3,4)5;/h11,14H,1,6-9H2,2-5H3;14H,1,5-10H2,2-4H3;12H,5-10H2,1-4H3;1,6-9H2,2-5H3;9,13H,4-8H2,1-3H3;11H,5-9H2,1-4H3;8,10H,4-7H2,1-3H3,(H,12,14);10H,5-8H2,1-4H3,(H,12,14);2*10,12H,1,6-8H2,2-5H3;1H4. The molecule has 22 nitrogen and oxygen atoms in total. The van der Waals surface area contributed by atoms with Crippen molar-refractivity contribution in [2.24, 2.45) is 50.7 Å². The van der Waals surface area contributed by atoms with Crippen molar-refractivity contribution in [3.05, 3.63) is 61.4 Å². The van der Waals surface area contributed by atoms with Crippen molar-refractivity contribution in [2.75, 3.05) is 151 Å². The van der Waals surface area contributed by atoms with Crippen LogP contribution >= 0.6 is 0 Å². The van der Waals surface area contributed by atoms with Crippen molar-refractivity contribution in [3.63, 3.8) is 0 Å². The van der Waals surface area contributed by atoms with Gasteiger partial charge in [-0.15, -0.1) is 0 Å². The predicted molar refractivity (Wildman–Crippen MR) is 606 cm³/mol. The molecule has 3 atom stereocenters. The number of nitrogens with one attached hydrogen (secondary N) is 7. The van der Waals surface area contributed by atoms with Gasteiger partial charge in [-0.05, 0) is 392 Å². The molecule has 2 amide bonds. The second kappa shape index (κ2) is 52.8. The summed E-state index contributed by atoms with van der Waals surface area (Å²) in [6, 6.07) is 2.83. The molecule has 0 aromatic heterocycles. The highest BCUT2D eigenvalue weighted by atomic mass is 16.2. The van der Waals surface area contributed by atoms with Gasteiger partial charge >= 0.3 is 0 Å². The van der Waals surface area contributed by atoms with Crippen LogP contribution in [0.25, 0.3) is 0 Å². The van der Waals surface area contributed by atoms with Crippen molar-refractivity contribution in [1.29, 1.82) is 0 Å². The molecule has 11 heterocycles. The van der Waals surface area contributed by atoms with Crippen LogP contribution in [-0.4, -0.2) is 309 Å². The molecule has 5 saturated carbocycles. The van der Waals surface area contributed by atoms with Gasteiger partial charge in [-0.2, -0.15) is 0 Å². The van der Waals surface area contributed by atoms with Crippen molar-refractivity contribution in [3.8, 4) is 0 Å². The minimum Gasteiger partial charge on any atom is -0.389 e. The van der Waals surface area contributed by atoms with Gasteiger partial charge < -0.3 is 66.3 Å². The van der Waals surface area contributed by atoms with Crippen LogP contribution in [0, 0.1) is 50.7 Å². The zero-order valence-electron chi connectivity index (χ0n) is 98.9. The molecule has 16 fully saturated rings. The van der Waals surface area contributed by atoms with Gasteiger partial charge in [0.2, 0.25) is 11.8 Å². The molecule has 5 aliphatic carbocycles. The van der Waals surface area contributed by atoms with E-state index in [0.29, 0.717) is 96.3 Å². The number of nitrogens with zero attached hydrogens (tertiary/aromatic N) is 10. The van der Waals surface area contributed by atoms with Gasteiger partial charge in [0.15, 0.2) is 0 Å². The smallest absolute Gasteiger partial charge is 0.217 e. The maximum absolute atomic E-state index is 11.0. The fourth-order valence-corrected chi connectivity index (χ4v) is 24.1. The Hall–Kier alpha value is -4.75. The number of hydrogen-bond donors (Lipinski definition) is 7. The Labute approximate surface area is 875 Å². The molecule has 16 rings (SSSR count). The quantitative estimate of drug-likeness (QED) is 0.0509. The highest BCUT2D eigenvalue weighted by Gasteiger charge is 2.67. The van der Waals surface area contributed by atoms with Gasteiger partial charge in [0.1, 0.15) is 17.3 Å². The number of carbonyl (C=O) groups is 5. The third-order valence-corrected chi connectivity index (χ3v) is 32.8. The van der Waals surface area contributed by atoms with E-state index in [1.165, 1.54) is 237 Å². The number of piperidine rings is 3. The average Bonchev–Trinajstić information content (AvgIpc) is 0.787. The fourth-order valence-electron chi connectivity index (χ4n) is 24.1. The molecule has 142 heavy (non-hydrogen) atoms. The molecule has 0 aromatic carbocycles. The highest BCUT2D eigenvalue weighted by Crippen LogP contribution is 2.74. The molecule has 0 radical (unpaired) electrons. The predicted octanol–water partition coefficient (Wildman–Crippen LogP) is 21.0. The lowest BCUT2D eigenvalue weighted by atomic mass is 9.34. The summed E-state index contributed by atoms with van der Waals surface area (Å²) in [5, 5.41) is 23.6. The maximum atomic E-state index is 11.0. The largest absolute Gasteiger partial charge is 0.389 e. The summed E-state index contributed by atoms with van der Waals surface area (Å²) in [6.07, 6.45) is 24.7. The lowest BCUT2D eigenvalue weighted by Crippen LogP contribution is -2.74. The first kappa shape index (κ1) is 128. The first-order valence-electron chi connectivity index (χ1n) is 56.1. The molecule has 2 bridgehead atoms. The van der Waals surface area contributed by atoms with Gasteiger partial charge in [0.25, 0.3) is 0 Å². The van der Waals surface area contributed by atoms with Crippen molar-refractivity contribution in [2.45, 2.75) is 479 Å². The van der Waals surface area contributed by atoms with Crippen LogP contribution in [0.3, 0.4) is 0 Å². The van der Waals surface area contributed by atoms with Crippen molar-refractivity contribution < 1.29 is 24.0 Å². The third kappa shape index (κ3) is 42.9. The van der Waals surface area contributed by atoms with Crippen molar-refractivity contribution in [1.82, 2.24) is 86.2 Å². The Balaban J connectivity index is 0.000000278. The number of ketones is 3. The Morgan fingerprint density at radius 1 is 0.408 bits per heavy atom. The first-order valence-corrected chi connectivity index (χ1v) is 56.1. The first-order chi connectivity index (χ1) is 64.4. The Kier molecular flexibility index (Phi) is 47.5. The van der Waals surface area contributed by atoms with E-state index >= 15 is 0 Å². The zero-order chi connectivity index (χ0) is 107. The number of allylic oxidation sites excluding steroid dienone is 5. The molecule has 0 aromatic rings. The number of hydrogen-bond acceptors (Lipinski definition) is 20. The van der Waals surface area contributed by atoms with Gasteiger partial charge in [0, 0.05) is 295 Å². The van der Waals surface area contributed by atoms with Crippen LogP contribution in [0.2, 0.25) is 0 Å². The van der Waals surface area contributed by atoms with Gasteiger partial charge in [-0.1, -0.05) is 54.2 Å².